The molecule has 0 spiro atoms. The van der Waals surface area contributed by atoms with Crippen molar-refractivity contribution in [3.05, 3.63) is 93.2 Å². The lowest BCUT2D eigenvalue weighted by molar-refractivity contribution is -0.136. The van der Waals surface area contributed by atoms with Crippen molar-refractivity contribution in [2.24, 2.45) is 0 Å². The molecule has 4 aromatic rings. The Morgan fingerprint density at radius 1 is 1.06 bits per heavy atom. The Morgan fingerprint density at radius 3 is 2.41 bits per heavy atom. The highest BCUT2D eigenvalue weighted by Gasteiger charge is 2.19. The van der Waals surface area contributed by atoms with Crippen LogP contribution in [0.3, 0.4) is 0 Å². The molecule has 0 saturated carbocycles. The molecule has 0 fully saturated rings. The summed E-state index contributed by atoms with van der Waals surface area (Å²) in [5.74, 6) is -0.227. The molecule has 1 N–H and O–H groups in total. The molecular formula is C26H24ClN3O3S. The molecule has 1 aromatic heterocycles. The van der Waals surface area contributed by atoms with Gasteiger partial charge in [0.1, 0.15) is 10.8 Å². The first-order valence-electron chi connectivity index (χ1n) is 10.9. The summed E-state index contributed by atoms with van der Waals surface area (Å²) in [6, 6.07) is 21.4. The Morgan fingerprint density at radius 2 is 1.74 bits per heavy atom. The standard InChI is InChI=1S/C26H24ClN3O3S/c1-17-3-2-4-22-24(17)28-29-30(25(22)31)15-13-23(26(32)33)34-16-14-18-5-7-19(8-6-18)20-9-11-21(27)12-10-20/h2-12,23H,13-16H2,1H3,(H,32,33). The zero-order valence-corrected chi connectivity index (χ0v) is 20.2. The van der Waals surface area contributed by atoms with E-state index in [0.29, 0.717) is 28.1 Å². The summed E-state index contributed by atoms with van der Waals surface area (Å²) in [4.78, 5) is 24.5. The number of aliphatic carboxylic acids is 1. The molecule has 4 rings (SSSR count). The van der Waals surface area contributed by atoms with Crippen LogP contribution in [0.1, 0.15) is 17.5 Å². The van der Waals surface area contributed by atoms with Crippen LogP contribution in [0, 0.1) is 6.92 Å². The van der Waals surface area contributed by atoms with Crippen LogP contribution in [0.15, 0.2) is 71.5 Å². The highest BCUT2D eigenvalue weighted by Crippen LogP contribution is 2.23. The van der Waals surface area contributed by atoms with Crippen LogP contribution in [-0.4, -0.2) is 37.1 Å². The summed E-state index contributed by atoms with van der Waals surface area (Å²) < 4.78 is 1.26. The summed E-state index contributed by atoms with van der Waals surface area (Å²) >= 11 is 7.34. The van der Waals surface area contributed by atoms with E-state index in [1.54, 1.807) is 6.07 Å². The number of hydrogen-bond donors (Lipinski definition) is 1. The lowest BCUT2D eigenvalue weighted by Gasteiger charge is -2.13. The maximum Gasteiger partial charge on any atom is 0.316 e. The summed E-state index contributed by atoms with van der Waals surface area (Å²) in [6.07, 6.45) is 1.05. The fraction of sp³-hybridized carbons (Fsp3) is 0.231. The fourth-order valence-electron chi connectivity index (χ4n) is 3.73. The van der Waals surface area contributed by atoms with E-state index in [0.717, 1.165) is 28.7 Å². The molecule has 0 aliphatic rings. The van der Waals surface area contributed by atoms with Crippen LogP contribution in [-0.2, 0) is 17.8 Å². The number of hydrogen-bond acceptors (Lipinski definition) is 5. The minimum absolute atomic E-state index is 0.204. The van der Waals surface area contributed by atoms with Gasteiger partial charge in [0.25, 0.3) is 5.56 Å². The number of benzene rings is 3. The number of carbonyl (C=O) groups is 1. The predicted octanol–water partition coefficient (Wildman–Crippen LogP) is 5.24. The van der Waals surface area contributed by atoms with Crippen molar-refractivity contribution >= 4 is 40.2 Å². The number of fused-ring (bicyclic) bond motifs is 1. The second kappa shape index (κ2) is 10.8. The Balaban J connectivity index is 1.34. The lowest BCUT2D eigenvalue weighted by Crippen LogP contribution is -2.28. The summed E-state index contributed by atoms with van der Waals surface area (Å²) in [5.41, 5.74) is 4.56. The third-order valence-corrected chi connectivity index (χ3v) is 7.21. The van der Waals surface area contributed by atoms with E-state index in [9.17, 15) is 14.7 Å². The summed E-state index contributed by atoms with van der Waals surface area (Å²) in [6.45, 7) is 2.08. The molecule has 1 heterocycles. The molecule has 0 bridgehead atoms. The maximum atomic E-state index is 12.7. The second-order valence-electron chi connectivity index (χ2n) is 8.03. The average molecular weight is 494 g/mol. The molecule has 6 nitrogen and oxygen atoms in total. The van der Waals surface area contributed by atoms with E-state index < -0.39 is 11.2 Å². The van der Waals surface area contributed by atoms with Crippen molar-refractivity contribution in [3.8, 4) is 11.1 Å². The van der Waals surface area contributed by atoms with E-state index >= 15 is 0 Å². The van der Waals surface area contributed by atoms with E-state index in [2.05, 4.69) is 34.6 Å². The first-order valence-corrected chi connectivity index (χ1v) is 12.4. The van der Waals surface area contributed by atoms with Crippen molar-refractivity contribution in [1.29, 1.82) is 0 Å². The van der Waals surface area contributed by atoms with Crippen molar-refractivity contribution in [3.63, 3.8) is 0 Å². The third-order valence-electron chi connectivity index (χ3n) is 5.68. The number of aryl methyl sites for hydroxylation is 3. The molecule has 1 unspecified atom stereocenters. The molecule has 0 aliphatic heterocycles. The largest absolute Gasteiger partial charge is 0.480 e. The molecular weight excluding hydrogens is 470 g/mol. The Hall–Kier alpha value is -3.16. The smallest absolute Gasteiger partial charge is 0.316 e. The molecule has 0 saturated heterocycles. The average Bonchev–Trinajstić information content (AvgIpc) is 2.83. The van der Waals surface area contributed by atoms with Crippen LogP contribution in [0.2, 0.25) is 5.02 Å². The van der Waals surface area contributed by atoms with Gasteiger partial charge in [-0.2, -0.15) is 0 Å². The van der Waals surface area contributed by atoms with E-state index in [1.807, 2.05) is 43.3 Å². The lowest BCUT2D eigenvalue weighted by atomic mass is 10.0. The van der Waals surface area contributed by atoms with Gasteiger partial charge in [0, 0.05) is 11.6 Å². The maximum absolute atomic E-state index is 12.7. The molecule has 34 heavy (non-hydrogen) atoms. The molecule has 0 radical (unpaired) electrons. The quantitative estimate of drug-likeness (QED) is 0.343. The number of carboxylic acid groups (broad SMARTS) is 1. The Bertz CT molecular complexity index is 1350. The first kappa shape index (κ1) is 24.0. The number of halogens is 1. The molecule has 1 atom stereocenters. The normalized spacial score (nSPS) is 12.1. The SMILES string of the molecule is Cc1cccc2c(=O)n(CCC(SCCc3ccc(-c4ccc(Cl)cc4)cc3)C(=O)O)nnc12. The predicted molar refractivity (Wildman–Crippen MR) is 138 cm³/mol. The molecule has 3 aromatic carbocycles. The van der Waals surface area contributed by atoms with Crippen molar-refractivity contribution in [1.82, 2.24) is 15.0 Å². The number of thioether (sulfide) groups is 1. The summed E-state index contributed by atoms with van der Waals surface area (Å²) in [7, 11) is 0. The Kier molecular flexibility index (Phi) is 7.65. The number of aromatic nitrogens is 3. The minimum Gasteiger partial charge on any atom is -0.480 e. The number of carboxylic acids is 1. The Labute approximate surface area is 206 Å². The van der Waals surface area contributed by atoms with Gasteiger partial charge in [-0.25, -0.2) is 4.68 Å². The van der Waals surface area contributed by atoms with Gasteiger partial charge in [0.2, 0.25) is 0 Å². The first-order chi connectivity index (χ1) is 16.4. The third kappa shape index (κ3) is 5.66. The fourth-order valence-corrected chi connectivity index (χ4v) is 4.91. The highest BCUT2D eigenvalue weighted by molar-refractivity contribution is 8.00. The summed E-state index contributed by atoms with van der Waals surface area (Å²) in [5, 5.41) is 18.4. The van der Waals surface area contributed by atoms with Crippen molar-refractivity contribution < 1.29 is 9.90 Å². The molecule has 0 aliphatic carbocycles. The van der Waals surface area contributed by atoms with Crippen LogP contribution in [0.4, 0.5) is 0 Å². The zero-order chi connectivity index (χ0) is 24.1. The topological polar surface area (TPSA) is 85.1 Å². The zero-order valence-electron chi connectivity index (χ0n) is 18.6. The van der Waals surface area contributed by atoms with Crippen LogP contribution < -0.4 is 5.56 Å². The van der Waals surface area contributed by atoms with E-state index in [-0.39, 0.29) is 12.1 Å². The van der Waals surface area contributed by atoms with Crippen molar-refractivity contribution in [2.75, 3.05) is 5.75 Å². The van der Waals surface area contributed by atoms with Crippen LogP contribution in [0.25, 0.3) is 22.0 Å². The highest BCUT2D eigenvalue weighted by atomic mass is 35.5. The van der Waals surface area contributed by atoms with Gasteiger partial charge in [-0.05, 0) is 66.0 Å². The molecule has 174 valence electrons. The van der Waals surface area contributed by atoms with Gasteiger partial charge in [0.05, 0.1) is 5.39 Å². The van der Waals surface area contributed by atoms with Gasteiger partial charge < -0.3 is 5.11 Å². The van der Waals surface area contributed by atoms with E-state index in [4.69, 9.17) is 11.6 Å². The number of nitrogens with zero attached hydrogens (tertiary/aromatic N) is 3. The van der Waals surface area contributed by atoms with Gasteiger partial charge in [0.15, 0.2) is 0 Å². The number of rotatable bonds is 9. The van der Waals surface area contributed by atoms with Crippen LogP contribution >= 0.6 is 23.4 Å². The van der Waals surface area contributed by atoms with Crippen LogP contribution in [0.5, 0.6) is 0 Å². The molecule has 0 amide bonds. The van der Waals surface area contributed by atoms with Gasteiger partial charge in [-0.3, -0.25) is 9.59 Å². The van der Waals surface area contributed by atoms with Gasteiger partial charge >= 0.3 is 5.97 Å². The monoisotopic (exact) mass is 493 g/mol. The van der Waals surface area contributed by atoms with Gasteiger partial charge in [-0.1, -0.05) is 65.3 Å². The van der Waals surface area contributed by atoms with E-state index in [1.165, 1.54) is 16.4 Å². The second-order valence-corrected chi connectivity index (χ2v) is 9.78. The minimum atomic E-state index is -0.888. The molecule has 8 heteroatoms. The van der Waals surface area contributed by atoms with Crippen molar-refractivity contribution in [2.45, 2.75) is 31.6 Å². The van der Waals surface area contributed by atoms with Gasteiger partial charge in [-0.15, -0.1) is 16.9 Å².